The van der Waals surface area contributed by atoms with Gasteiger partial charge in [-0.3, -0.25) is 14.3 Å². The molecule has 29 heavy (non-hydrogen) atoms. The predicted octanol–water partition coefficient (Wildman–Crippen LogP) is 3.41. The minimum absolute atomic E-state index is 0.111. The van der Waals surface area contributed by atoms with Crippen LogP contribution in [0.25, 0.3) is 11.4 Å². The van der Waals surface area contributed by atoms with Gasteiger partial charge in [-0.2, -0.15) is 0 Å². The van der Waals surface area contributed by atoms with E-state index in [1.807, 2.05) is 23.6 Å². The molecular formula is C19H19N5O3S2. The summed E-state index contributed by atoms with van der Waals surface area (Å²) in [5.74, 6) is 0.0323. The van der Waals surface area contributed by atoms with Crippen LogP contribution >= 0.6 is 23.1 Å². The van der Waals surface area contributed by atoms with Crippen molar-refractivity contribution in [2.45, 2.75) is 18.6 Å². The normalized spacial score (nSPS) is 10.6. The van der Waals surface area contributed by atoms with E-state index in [0.717, 1.165) is 10.4 Å². The summed E-state index contributed by atoms with van der Waals surface area (Å²) in [5.41, 5.74) is 1.18. The number of aromatic nitrogens is 4. The summed E-state index contributed by atoms with van der Waals surface area (Å²) < 4.78 is 6.64. The lowest BCUT2D eigenvalue weighted by Crippen LogP contribution is -2.16. The Kier molecular flexibility index (Phi) is 6.78. The number of aryl methyl sites for hydroxylation is 1. The van der Waals surface area contributed by atoms with Gasteiger partial charge in [-0.05, 0) is 25.1 Å². The second kappa shape index (κ2) is 9.48. The summed E-state index contributed by atoms with van der Waals surface area (Å²) in [4.78, 5) is 29.3. The van der Waals surface area contributed by atoms with Crippen molar-refractivity contribution < 1.29 is 14.3 Å². The number of esters is 1. The maximum atomic E-state index is 12.4. The molecule has 3 aromatic heterocycles. The molecule has 1 amide bonds. The van der Waals surface area contributed by atoms with Crippen LogP contribution < -0.4 is 5.32 Å². The molecule has 0 aliphatic heterocycles. The molecule has 0 saturated carbocycles. The van der Waals surface area contributed by atoms with Crippen molar-refractivity contribution in [3.63, 3.8) is 0 Å². The number of carbonyl (C=O) groups is 2. The Hall–Kier alpha value is -2.98. The van der Waals surface area contributed by atoms with Gasteiger partial charge in [-0.25, -0.2) is 4.79 Å². The average Bonchev–Trinajstić information content (AvgIpc) is 3.30. The van der Waals surface area contributed by atoms with E-state index in [-0.39, 0.29) is 11.7 Å². The predicted molar refractivity (Wildman–Crippen MR) is 113 cm³/mol. The van der Waals surface area contributed by atoms with Crippen LogP contribution in [0.3, 0.4) is 0 Å². The van der Waals surface area contributed by atoms with Gasteiger partial charge in [0.25, 0.3) is 0 Å². The van der Waals surface area contributed by atoms with E-state index in [1.165, 1.54) is 30.2 Å². The molecule has 3 aromatic rings. The summed E-state index contributed by atoms with van der Waals surface area (Å²) in [5, 5.41) is 12.3. The summed E-state index contributed by atoms with van der Waals surface area (Å²) in [7, 11) is 1.31. The Balaban J connectivity index is 1.72. The van der Waals surface area contributed by atoms with Crippen molar-refractivity contribution in [3.8, 4) is 11.4 Å². The number of rotatable bonds is 8. The average molecular weight is 430 g/mol. The van der Waals surface area contributed by atoms with Gasteiger partial charge < -0.3 is 10.1 Å². The van der Waals surface area contributed by atoms with Gasteiger partial charge in [0.15, 0.2) is 11.0 Å². The number of thiophene rings is 1. The zero-order chi connectivity index (χ0) is 20.8. The highest BCUT2D eigenvalue weighted by Gasteiger charge is 2.19. The van der Waals surface area contributed by atoms with Crippen molar-refractivity contribution in [3.05, 3.63) is 53.7 Å². The van der Waals surface area contributed by atoms with Crippen molar-refractivity contribution in [1.29, 1.82) is 0 Å². The van der Waals surface area contributed by atoms with Crippen molar-refractivity contribution in [2.75, 3.05) is 18.2 Å². The molecule has 0 spiro atoms. The monoisotopic (exact) mass is 429 g/mol. The number of carbonyl (C=O) groups excluding carboxylic acids is 2. The maximum absolute atomic E-state index is 12.4. The van der Waals surface area contributed by atoms with Crippen LogP contribution in [0.1, 0.15) is 15.2 Å². The van der Waals surface area contributed by atoms with Gasteiger partial charge in [-0.15, -0.1) is 28.1 Å². The largest absolute Gasteiger partial charge is 0.465 e. The van der Waals surface area contributed by atoms with Gasteiger partial charge in [0, 0.05) is 29.4 Å². The lowest BCUT2D eigenvalue weighted by atomic mass is 10.3. The number of hydrogen-bond donors (Lipinski definition) is 1. The van der Waals surface area contributed by atoms with Crippen molar-refractivity contribution in [2.24, 2.45) is 0 Å². The maximum Gasteiger partial charge on any atom is 0.340 e. The van der Waals surface area contributed by atoms with Crippen LogP contribution in [0.5, 0.6) is 0 Å². The highest BCUT2D eigenvalue weighted by atomic mass is 32.2. The van der Waals surface area contributed by atoms with Crippen molar-refractivity contribution >= 4 is 40.0 Å². The molecule has 0 unspecified atom stereocenters. The minimum Gasteiger partial charge on any atom is -0.465 e. The number of ether oxygens (including phenoxy) is 1. The van der Waals surface area contributed by atoms with Crippen molar-refractivity contribution in [1.82, 2.24) is 19.7 Å². The topological polar surface area (TPSA) is 99.0 Å². The van der Waals surface area contributed by atoms with Gasteiger partial charge >= 0.3 is 5.97 Å². The highest BCUT2D eigenvalue weighted by molar-refractivity contribution is 7.99. The third-order valence-corrected chi connectivity index (χ3v) is 5.73. The van der Waals surface area contributed by atoms with Gasteiger partial charge in [0.1, 0.15) is 5.00 Å². The quantitative estimate of drug-likeness (QED) is 0.333. The summed E-state index contributed by atoms with van der Waals surface area (Å²) in [6, 6.07) is 5.41. The Morgan fingerprint density at radius 3 is 2.93 bits per heavy atom. The first kappa shape index (κ1) is 20.7. The van der Waals surface area contributed by atoms with Crippen LogP contribution in [-0.4, -0.2) is 44.5 Å². The standard InChI is InChI=1S/C19H19N5O3S2/c1-4-8-24-16(13-6-5-7-20-10-13)22-23-19(24)28-11-15(25)21-17-14(18(26)27-3)9-12(2)29-17/h4-7,9-10H,1,8,11H2,2-3H3,(H,21,25). The van der Waals surface area contributed by atoms with E-state index in [4.69, 9.17) is 4.74 Å². The van der Waals surface area contributed by atoms with Gasteiger partial charge in [-0.1, -0.05) is 17.8 Å². The second-order valence-electron chi connectivity index (χ2n) is 5.88. The smallest absolute Gasteiger partial charge is 0.340 e. The number of thioether (sulfide) groups is 1. The number of nitrogens with zero attached hydrogens (tertiary/aromatic N) is 4. The molecule has 0 aliphatic rings. The lowest BCUT2D eigenvalue weighted by Gasteiger charge is -2.08. The number of methoxy groups -OCH3 is 1. The van der Waals surface area contributed by atoms with E-state index in [9.17, 15) is 9.59 Å². The molecule has 8 nitrogen and oxygen atoms in total. The van der Waals surface area contributed by atoms with E-state index in [1.54, 1.807) is 24.5 Å². The molecule has 1 N–H and O–H groups in total. The Bertz CT molecular complexity index is 1030. The Morgan fingerprint density at radius 2 is 2.24 bits per heavy atom. The summed E-state index contributed by atoms with van der Waals surface area (Å²) >= 11 is 2.58. The molecule has 3 rings (SSSR count). The molecular weight excluding hydrogens is 410 g/mol. The third-order valence-electron chi connectivity index (χ3n) is 3.79. The van der Waals surface area contributed by atoms with Gasteiger partial charge in [0.2, 0.25) is 5.91 Å². The van der Waals surface area contributed by atoms with Crippen LogP contribution in [0.15, 0.2) is 48.4 Å². The molecule has 0 atom stereocenters. The zero-order valence-electron chi connectivity index (χ0n) is 15.9. The lowest BCUT2D eigenvalue weighted by molar-refractivity contribution is -0.113. The second-order valence-corrected chi connectivity index (χ2v) is 8.07. The molecule has 0 aliphatic carbocycles. The minimum atomic E-state index is -0.482. The molecule has 0 fully saturated rings. The fourth-order valence-corrected chi connectivity index (χ4v) is 4.22. The van der Waals surface area contributed by atoms with Crippen LogP contribution in [0, 0.1) is 6.92 Å². The Morgan fingerprint density at radius 1 is 1.41 bits per heavy atom. The van der Waals surface area contributed by atoms with Crippen LogP contribution in [-0.2, 0) is 16.1 Å². The fraction of sp³-hybridized carbons (Fsp3) is 0.211. The molecule has 0 radical (unpaired) electrons. The third kappa shape index (κ3) is 4.90. The molecule has 150 valence electrons. The molecule has 0 bridgehead atoms. The first-order valence-corrected chi connectivity index (χ1v) is 10.4. The molecule has 0 saturated heterocycles. The number of pyridine rings is 1. The molecule has 3 heterocycles. The number of amides is 1. The number of anilines is 1. The first-order valence-electron chi connectivity index (χ1n) is 8.59. The Labute approximate surface area is 176 Å². The van der Waals surface area contributed by atoms with E-state index < -0.39 is 5.97 Å². The number of allylic oxidation sites excluding steroid dienone is 1. The van der Waals surface area contributed by atoms with E-state index >= 15 is 0 Å². The highest BCUT2D eigenvalue weighted by Crippen LogP contribution is 2.29. The molecule has 0 aromatic carbocycles. The van der Waals surface area contributed by atoms with E-state index in [0.29, 0.717) is 28.1 Å². The molecule has 10 heteroatoms. The fourth-order valence-electron chi connectivity index (χ4n) is 2.56. The summed E-state index contributed by atoms with van der Waals surface area (Å²) in [6.07, 6.45) is 5.13. The van der Waals surface area contributed by atoms with Crippen LogP contribution in [0.4, 0.5) is 5.00 Å². The number of nitrogens with one attached hydrogen (secondary N) is 1. The first-order chi connectivity index (χ1) is 14.0. The zero-order valence-corrected chi connectivity index (χ0v) is 17.5. The van der Waals surface area contributed by atoms with Gasteiger partial charge in [0.05, 0.1) is 18.4 Å². The summed E-state index contributed by atoms with van der Waals surface area (Å²) in [6.45, 7) is 6.13. The van der Waals surface area contributed by atoms with E-state index in [2.05, 4.69) is 27.1 Å². The number of hydrogen-bond acceptors (Lipinski definition) is 8. The SMILES string of the molecule is C=CCn1c(SCC(=O)Nc2sc(C)cc2C(=O)OC)nnc1-c1cccnc1. The van der Waals surface area contributed by atoms with Crippen LogP contribution in [0.2, 0.25) is 0 Å².